The van der Waals surface area contributed by atoms with Crippen LogP contribution < -0.4 is 5.32 Å². The summed E-state index contributed by atoms with van der Waals surface area (Å²) >= 11 is 2.68. The summed E-state index contributed by atoms with van der Waals surface area (Å²) in [6.07, 6.45) is 1.36. The Balaban J connectivity index is 1.90. The molecule has 8 heteroatoms. The van der Waals surface area contributed by atoms with Crippen molar-refractivity contribution in [3.63, 3.8) is 0 Å². The average Bonchev–Trinajstić information content (AvgIpc) is 2.85. The predicted octanol–water partition coefficient (Wildman–Crippen LogP) is 1.24. The summed E-state index contributed by atoms with van der Waals surface area (Å²) in [6, 6.07) is 1.83. The zero-order valence-electron chi connectivity index (χ0n) is 9.83. The molecule has 100 valence electrons. The fraction of sp³-hybridized carbons (Fsp3) is 0.273. The van der Waals surface area contributed by atoms with Crippen LogP contribution in [0.4, 0.5) is 0 Å². The second kappa shape index (κ2) is 6.48. The number of nitrogens with zero attached hydrogens (tertiary/aromatic N) is 2. The molecule has 0 aliphatic carbocycles. The van der Waals surface area contributed by atoms with Gasteiger partial charge in [0.1, 0.15) is 12.0 Å². The van der Waals surface area contributed by atoms with E-state index in [1.807, 2.05) is 11.4 Å². The molecule has 0 atom stereocenters. The molecule has 0 saturated carbocycles. The first-order chi connectivity index (χ1) is 9.18. The molecule has 0 fully saturated rings. The highest BCUT2D eigenvalue weighted by Crippen LogP contribution is 2.20. The molecule has 2 aromatic heterocycles. The largest absolute Gasteiger partial charge is 0.481 e. The van der Waals surface area contributed by atoms with Gasteiger partial charge in [-0.3, -0.25) is 9.59 Å². The van der Waals surface area contributed by atoms with E-state index in [0.29, 0.717) is 18.0 Å². The number of fused-ring (bicyclic) bond motifs is 1. The Morgan fingerprint density at radius 1 is 1.42 bits per heavy atom. The maximum atomic E-state index is 11.9. The molecule has 0 aromatic carbocycles. The third kappa shape index (κ3) is 3.65. The number of carbonyl (C=O) groups excluding carboxylic acids is 1. The van der Waals surface area contributed by atoms with Crippen LogP contribution in [0.3, 0.4) is 0 Å². The first kappa shape index (κ1) is 13.8. The van der Waals surface area contributed by atoms with Gasteiger partial charge in [-0.25, -0.2) is 9.97 Å². The number of aromatic nitrogens is 2. The van der Waals surface area contributed by atoms with Crippen LogP contribution in [0.1, 0.15) is 10.5 Å². The normalized spacial score (nSPS) is 10.5. The number of amides is 1. The Labute approximate surface area is 117 Å². The van der Waals surface area contributed by atoms with Crippen LogP contribution in [0.25, 0.3) is 10.2 Å². The van der Waals surface area contributed by atoms with Crippen molar-refractivity contribution < 1.29 is 14.7 Å². The third-order valence-corrected chi connectivity index (χ3v) is 4.07. The zero-order valence-corrected chi connectivity index (χ0v) is 11.5. The van der Waals surface area contributed by atoms with Crippen molar-refractivity contribution in [3.8, 4) is 0 Å². The van der Waals surface area contributed by atoms with Crippen molar-refractivity contribution in [1.82, 2.24) is 15.3 Å². The van der Waals surface area contributed by atoms with E-state index in [9.17, 15) is 9.59 Å². The van der Waals surface area contributed by atoms with E-state index < -0.39 is 5.97 Å². The Morgan fingerprint density at radius 2 is 2.26 bits per heavy atom. The van der Waals surface area contributed by atoms with Crippen LogP contribution in [-0.4, -0.2) is 45.0 Å². The first-order valence-electron chi connectivity index (χ1n) is 5.44. The molecule has 2 rings (SSSR count). The van der Waals surface area contributed by atoms with Crippen LogP contribution in [0.5, 0.6) is 0 Å². The fourth-order valence-corrected chi connectivity index (χ4v) is 2.83. The minimum absolute atomic E-state index is 0.0402. The highest BCUT2D eigenvalue weighted by molar-refractivity contribution is 7.99. The lowest BCUT2D eigenvalue weighted by atomic mass is 10.3. The van der Waals surface area contributed by atoms with E-state index in [1.165, 1.54) is 29.4 Å². The summed E-state index contributed by atoms with van der Waals surface area (Å²) in [5.41, 5.74) is 1.12. The number of hydrogen-bond donors (Lipinski definition) is 2. The van der Waals surface area contributed by atoms with Gasteiger partial charge in [0.15, 0.2) is 0 Å². The van der Waals surface area contributed by atoms with Crippen molar-refractivity contribution in [2.75, 3.05) is 18.1 Å². The molecule has 2 heterocycles. The smallest absolute Gasteiger partial charge is 0.313 e. The number of thioether (sulfide) groups is 1. The molecular formula is C11H11N3O3S2. The molecule has 0 unspecified atom stereocenters. The Morgan fingerprint density at radius 3 is 3.05 bits per heavy atom. The Bertz CT molecular complexity index is 600. The molecular weight excluding hydrogens is 286 g/mol. The molecule has 0 radical (unpaired) electrons. The van der Waals surface area contributed by atoms with Crippen molar-refractivity contribution in [2.24, 2.45) is 0 Å². The van der Waals surface area contributed by atoms with Gasteiger partial charge < -0.3 is 10.4 Å². The Kier molecular flexibility index (Phi) is 4.69. The van der Waals surface area contributed by atoms with Gasteiger partial charge in [-0.1, -0.05) is 0 Å². The summed E-state index contributed by atoms with van der Waals surface area (Å²) in [5, 5.41) is 13.0. The number of nitrogens with one attached hydrogen (secondary N) is 1. The summed E-state index contributed by atoms with van der Waals surface area (Å²) in [6.45, 7) is 0.410. The van der Waals surface area contributed by atoms with Gasteiger partial charge in [-0.2, -0.15) is 0 Å². The molecule has 0 saturated heterocycles. The number of rotatable bonds is 6. The van der Waals surface area contributed by atoms with Crippen LogP contribution in [-0.2, 0) is 4.79 Å². The zero-order chi connectivity index (χ0) is 13.7. The maximum absolute atomic E-state index is 11.9. The number of thiophene rings is 1. The van der Waals surface area contributed by atoms with Gasteiger partial charge in [0.25, 0.3) is 5.91 Å². The average molecular weight is 297 g/mol. The number of hydrogen-bond acceptors (Lipinski definition) is 6. The van der Waals surface area contributed by atoms with E-state index in [2.05, 4.69) is 15.3 Å². The van der Waals surface area contributed by atoms with Gasteiger partial charge in [-0.05, 0) is 11.4 Å². The van der Waals surface area contributed by atoms with Crippen molar-refractivity contribution in [3.05, 3.63) is 23.5 Å². The molecule has 19 heavy (non-hydrogen) atoms. The quantitative estimate of drug-likeness (QED) is 0.779. The van der Waals surface area contributed by atoms with Crippen LogP contribution >= 0.6 is 23.1 Å². The van der Waals surface area contributed by atoms with Crippen LogP contribution in [0, 0.1) is 0 Å². The second-order valence-electron chi connectivity index (χ2n) is 3.56. The number of carboxylic acids is 1. The summed E-state index contributed by atoms with van der Waals surface area (Å²) in [4.78, 5) is 30.3. The van der Waals surface area contributed by atoms with Gasteiger partial charge in [0, 0.05) is 12.3 Å². The van der Waals surface area contributed by atoms with E-state index in [4.69, 9.17) is 5.11 Å². The van der Waals surface area contributed by atoms with E-state index in [0.717, 1.165) is 10.2 Å². The molecule has 6 nitrogen and oxygen atoms in total. The topological polar surface area (TPSA) is 92.2 Å². The summed E-state index contributed by atoms with van der Waals surface area (Å²) < 4.78 is 0.762. The lowest BCUT2D eigenvalue weighted by molar-refractivity contribution is -0.133. The standard InChI is InChI=1S/C11H11N3O3S2/c15-8(16)5-18-4-2-12-11(17)9-10-7(1-3-19-10)13-6-14-9/h1,3,6H,2,4-5H2,(H,12,17)(H,15,16). The van der Waals surface area contributed by atoms with Crippen molar-refractivity contribution in [1.29, 1.82) is 0 Å². The summed E-state index contributed by atoms with van der Waals surface area (Å²) in [7, 11) is 0. The lowest BCUT2D eigenvalue weighted by Gasteiger charge is -2.04. The third-order valence-electron chi connectivity index (χ3n) is 2.22. The van der Waals surface area contributed by atoms with Gasteiger partial charge in [0.05, 0.1) is 16.0 Å². The minimum atomic E-state index is -0.854. The van der Waals surface area contributed by atoms with Gasteiger partial charge in [-0.15, -0.1) is 23.1 Å². The number of carbonyl (C=O) groups is 2. The molecule has 0 aliphatic rings. The van der Waals surface area contributed by atoms with Crippen LogP contribution in [0.2, 0.25) is 0 Å². The highest BCUT2D eigenvalue weighted by atomic mass is 32.2. The van der Waals surface area contributed by atoms with Gasteiger partial charge >= 0.3 is 5.97 Å². The monoisotopic (exact) mass is 297 g/mol. The Hall–Kier alpha value is -1.67. The lowest BCUT2D eigenvalue weighted by Crippen LogP contribution is -2.27. The van der Waals surface area contributed by atoms with Crippen molar-refractivity contribution >= 4 is 45.2 Å². The van der Waals surface area contributed by atoms with Crippen LogP contribution in [0.15, 0.2) is 17.8 Å². The van der Waals surface area contributed by atoms with E-state index >= 15 is 0 Å². The maximum Gasteiger partial charge on any atom is 0.313 e. The molecule has 1 amide bonds. The fourth-order valence-electron chi connectivity index (χ4n) is 1.43. The first-order valence-corrected chi connectivity index (χ1v) is 7.48. The summed E-state index contributed by atoms with van der Waals surface area (Å²) in [5.74, 6) is -0.520. The minimum Gasteiger partial charge on any atom is -0.481 e. The highest BCUT2D eigenvalue weighted by Gasteiger charge is 2.12. The predicted molar refractivity (Wildman–Crippen MR) is 74.7 cm³/mol. The molecule has 2 aromatic rings. The number of aliphatic carboxylic acids is 1. The SMILES string of the molecule is O=C(O)CSCCNC(=O)c1ncnc2ccsc12. The second-order valence-corrected chi connectivity index (χ2v) is 5.58. The molecule has 2 N–H and O–H groups in total. The van der Waals surface area contributed by atoms with E-state index in [1.54, 1.807) is 0 Å². The molecule has 0 bridgehead atoms. The molecule has 0 spiro atoms. The van der Waals surface area contributed by atoms with Gasteiger partial charge in [0.2, 0.25) is 0 Å². The van der Waals surface area contributed by atoms with Crippen molar-refractivity contribution in [2.45, 2.75) is 0 Å². The molecule has 0 aliphatic heterocycles. The number of carboxylic acid groups (broad SMARTS) is 1. The van der Waals surface area contributed by atoms with E-state index in [-0.39, 0.29) is 11.7 Å².